The summed E-state index contributed by atoms with van der Waals surface area (Å²) >= 11 is 6.82. The van der Waals surface area contributed by atoms with Crippen molar-refractivity contribution in [2.45, 2.75) is 13.5 Å². The third-order valence-electron chi connectivity index (χ3n) is 5.34. The highest BCUT2D eigenvalue weighted by Crippen LogP contribution is 2.38. The lowest BCUT2D eigenvalue weighted by atomic mass is 10.1. The molecule has 3 aromatic rings. The summed E-state index contributed by atoms with van der Waals surface area (Å²) in [7, 11) is 1.45. The van der Waals surface area contributed by atoms with E-state index >= 15 is 0 Å². The van der Waals surface area contributed by atoms with Gasteiger partial charge in [0.15, 0.2) is 11.5 Å². The molecular weight excluding hydrogens is 599 g/mol. The lowest BCUT2D eigenvalue weighted by Crippen LogP contribution is -2.54. The van der Waals surface area contributed by atoms with Crippen molar-refractivity contribution < 1.29 is 28.2 Å². The van der Waals surface area contributed by atoms with E-state index in [1.54, 1.807) is 42.5 Å². The number of nitrogens with zero attached hydrogens (tertiary/aromatic N) is 1. The summed E-state index contributed by atoms with van der Waals surface area (Å²) in [4.78, 5) is 39.2. The molecule has 0 aliphatic carbocycles. The van der Waals surface area contributed by atoms with Crippen molar-refractivity contribution >= 4 is 61.5 Å². The van der Waals surface area contributed by atoms with Gasteiger partial charge in [0.1, 0.15) is 18.0 Å². The fourth-order valence-electron chi connectivity index (χ4n) is 3.57. The van der Waals surface area contributed by atoms with Crippen molar-refractivity contribution in [2.24, 2.45) is 0 Å². The number of methoxy groups -OCH3 is 1. The smallest absolute Gasteiger partial charge is 0.335 e. The number of amides is 4. The molecule has 1 fully saturated rings. The first-order chi connectivity index (χ1) is 17.2. The van der Waals surface area contributed by atoms with Crippen LogP contribution in [0, 0.1) is 12.7 Å². The topological polar surface area (TPSA) is 84.9 Å². The van der Waals surface area contributed by atoms with Gasteiger partial charge in [-0.2, -0.15) is 0 Å². The van der Waals surface area contributed by atoms with E-state index in [1.807, 2.05) is 6.92 Å². The second-order valence-corrected chi connectivity index (χ2v) is 9.55. The molecule has 4 amide bonds. The van der Waals surface area contributed by atoms with Crippen molar-refractivity contribution in [2.75, 3.05) is 12.0 Å². The van der Waals surface area contributed by atoms with Crippen LogP contribution in [0.2, 0.25) is 0 Å². The van der Waals surface area contributed by atoms with Gasteiger partial charge in [-0.1, -0.05) is 28.1 Å². The molecule has 0 bridgehead atoms. The lowest BCUT2D eigenvalue weighted by Gasteiger charge is -2.26. The predicted octanol–water partition coefficient (Wildman–Crippen LogP) is 5.91. The number of rotatable bonds is 6. The molecule has 0 atom stereocenters. The molecular formula is C26H19Br2FN2O5. The Labute approximate surface area is 223 Å². The zero-order valence-electron chi connectivity index (χ0n) is 19.1. The minimum atomic E-state index is -0.830. The highest BCUT2D eigenvalue weighted by atomic mass is 79.9. The molecule has 0 saturated carbocycles. The number of carbonyl (C=O) groups is 3. The summed E-state index contributed by atoms with van der Waals surface area (Å²) in [6.45, 7) is 1.92. The zero-order valence-corrected chi connectivity index (χ0v) is 22.3. The van der Waals surface area contributed by atoms with Gasteiger partial charge in [0.2, 0.25) is 0 Å². The number of nitrogens with one attached hydrogen (secondary N) is 1. The summed E-state index contributed by atoms with van der Waals surface area (Å²) in [5, 5.41) is 2.21. The van der Waals surface area contributed by atoms with Gasteiger partial charge in [0, 0.05) is 4.47 Å². The number of anilines is 1. The first-order valence-electron chi connectivity index (χ1n) is 10.6. The quantitative estimate of drug-likeness (QED) is 0.274. The molecule has 7 nitrogen and oxygen atoms in total. The molecule has 1 aliphatic rings. The Balaban J connectivity index is 1.65. The first kappa shape index (κ1) is 25.6. The highest BCUT2D eigenvalue weighted by molar-refractivity contribution is 9.10. The van der Waals surface area contributed by atoms with Crippen LogP contribution in [0.25, 0.3) is 6.08 Å². The van der Waals surface area contributed by atoms with Crippen LogP contribution in [-0.2, 0) is 16.2 Å². The molecule has 1 saturated heterocycles. The van der Waals surface area contributed by atoms with Gasteiger partial charge >= 0.3 is 6.03 Å². The predicted molar refractivity (Wildman–Crippen MR) is 139 cm³/mol. The van der Waals surface area contributed by atoms with Gasteiger partial charge in [0.05, 0.1) is 17.3 Å². The molecule has 4 rings (SSSR count). The molecule has 1 aliphatic heterocycles. The fraction of sp³-hybridized carbons (Fsp3) is 0.115. The third kappa shape index (κ3) is 5.34. The van der Waals surface area contributed by atoms with Gasteiger partial charge in [-0.25, -0.2) is 14.1 Å². The van der Waals surface area contributed by atoms with Crippen LogP contribution in [0.4, 0.5) is 14.9 Å². The van der Waals surface area contributed by atoms with Crippen LogP contribution in [0.5, 0.6) is 11.5 Å². The molecule has 1 N–H and O–H groups in total. The van der Waals surface area contributed by atoms with E-state index < -0.39 is 17.8 Å². The van der Waals surface area contributed by atoms with E-state index in [0.29, 0.717) is 32.8 Å². The molecule has 36 heavy (non-hydrogen) atoms. The Bertz CT molecular complexity index is 1420. The highest BCUT2D eigenvalue weighted by Gasteiger charge is 2.37. The van der Waals surface area contributed by atoms with E-state index in [4.69, 9.17) is 9.47 Å². The Morgan fingerprint density at radius 2 is 1.81 bits per heavy atom. The summed E-state index contributed by atoms with van der Waals surface area (Å²) in [5.41, 5.74) is 2.01. The normalized spacial score (nSPS) is 14.8. The summed E-state index contributed by atoms with van der Waals surface area (Å²) in [6, 6.07) is 13.4. The van der Waals surface area contributed by atoms with Crippen LogP contribution in [0.3, 0.4) is 0 Å². The van der Waals surface area contributed by atoms with Crippen LogP contribution >= 0.6 is 31.9 Å². The number of hydrogen-bond donors (Lipinski definition) is 1. The molecule has 184 valence electrons. The maximum Gasteiger partial charge on any atom is 0.335 e. The maximum atomic E-state index is 13.5. The number of halogens is 3. The van der Waals surface area contributed by atoms with Gasteiger partial charge in [-0.15, -0.1) is 0 Å². The Kier molecular flexibility index (Phi) is 7.56. The van der Waals surface area contributed by atoms with Crippen LogP contribution in [0.1, 0.15) is 16.7 Å². The van der Waals surface area contributed by atoms with Gasteiger partial charge in [-0.3, -0.25) is 14.9 Å². The van der Waals surface area contributed by atoms with Crippen molar-refractivity contribution in [3.8, 4) is 11.5 Å². The summed E-state index contributed by atoms with van der Waals surface area (Å²) in [5.74, 6) is -1.24. The number of hydrogen-bond acceptors (Lipinski definition) is 5. The van der Waals surface area contributed by atoms with Crippen molar-refractivity contribution in [1.29, 1.82) is 0 Å². The standard InChI is InChI=1S/C26H19Br2FN2O5/c1-14-8-18(6-7-20(14)27)31-25(33)19(24(32)30-26(31)34)10-16-11-21(28)23(22(12-16)35-2)36-13-15-4-3-5-17(29)9-15/h3-12H,13H2,1-2H3,(H,30,32,34)/b19-10+. The number of carbonyl (C=O) groups excluding carboxylic acids is 3. The Morgan fingerprint density at radius 3 is 2.50 bits per heavy atom. The Morgan fingerprint density at radius 1 is 1.03 bits per heavy atom. The van der Waals surface area contributed by atoms with E-state index in [1.165, 1.54) is 25.3 Å². The lowest BCUT2D eigenvalue weighted by molar-refractivity contribution is -0.122. The average Bonchev–Trinajstić information content (AvgIpc) is 2.83. The third-order valence-corrected chi connectivity index (χ3v) is 6.82. The zero-order chi connectivity index (χ0) is 26.0. The molecule has 0 aromatic heterocycles. The number of urea groups is 1. The van der Waals surface area contributed by atoms with E-state index in [2.05, 4.69) is 37.2 Å². The molecule has 0 unspecified atom stereocenters. The number of barbiturate groups is 1. The Hall–Kier alpha value is -3.50. The molecule has 10 heteroatoms. The van der Waals surface area contributed by atoms with Crippen LogP contribution in [-0.4, -0.2) is 25.0 Å². The molecule has 0 spiro atoms. The summed E-state index contributed by atoms with van der Waals surface area (Å²) in [6.07, 6.45) is 1.37. The number of ether oxygens (including phenoxy) is 2. The van der Waals surface area contributed by atoms with E-state index in [9.17, 15) is 18.8 Å². The van der Waals surface area contributed by atoms with Crippen molar-refractivity contribution in [1.82, 2.24) is 5.32 Å². The second-order valence-electron chi connectivity index (χ2n) is 7.84. The van der Waals surface area contributed by atoms with Gasteiger partial charge in [0.25, 0.3) is 11.8 Å². The SMILES string of the molecule is COc1cc(/C=C2\C(=O)NC(=O)N(c3ccc(Br)c(C)c3)C2=O)cc(Br)c1OCc1cccc(F)c1. The number of imide groups is 2. The van der Waals surface area contributed by atoms with Crippen LogP contribution < -0.4 is 19.7 Å². The minimum absolute atomic E-state index is 0.0950. The molecule has 0 radical (unpaired) electrons. The van der Waals surface area contributed by atoms with E-state index in [-0.39, 0.29) is 18.0 Å². The largest absolute Gasteiger partial charge is 0.493 e. The van der Waals surface area contributed by atoms with Crippen molar-refractivity contribution in [3.63, 3.8) is 0 Å². The second kappa shape index (κ2) is 10.6. The van der Waals surface area contributed by atoms with E-state index in [0.717, 1.165) is 14.9 Å². The number of benzene rings is 3. The first-order valence-corrected chi connectivity index (χ1v) is 12.2. The van der Waals surface area contributed by atoms with Gasteiger partial charge < -0.3 is 9.47 Å². The summed E-state index contributed by atoms with van der Waals surface area (Å²) < 4.78 is 26.1. The minimum Gasteiger partial charge on any atom is -0.493 e. The molecule has 1 heterocycles. The van der Waals surface area contributed by atoms with Gasteiger partial charge in [-0.05, 0) is 88.1 Å². The molecule has 3 aromatic carbocycles. The average molecular weight is 618 g/mol. The fourth-order valence-corrected chi connectivity index (χ4v) is 4.39. The maximum absolute atomic E-state index is 13.5. The van der Waals surface area contributed by atoms with Crippen molar-refractivity contribution in [3.05, 3.63) is 91.6 Å². The monoisotopic (exact) mass is 616 g/mol. The van der Waals surface area contributed by atoms with Crippen LogP contribution in [0.15, 0.2) is 69.1 Å². The number of aryl methyl sites for hydroxylation is 1.